The Bertz CT molecular complexity index is 1790. The molecular formula is C35H39FN4O12. The number of halogens is 1. The van der Waals surface area contributed by atoms with Crippen LogP contribution in [0.25, 0.3) is 28.0 Å². The Morgan fingerprint density at radius 2 is 1.38 bits per heavy atom. The van der Waals surface area contributed by atoms with Crippen molar-refractivity contribution in [2.45, 2.75) is 38.5 Å². The SMILES string of the molecule is O=C(O)CCOCC(COCCC(=O)O)(COCCC(=O)O)CC(=O)CCCOc1ccc2nc(-c3cn(-c4ccc(O)c(F)c4)nn3)ccc2c1. The van der Waals surface area contributed by atoms with Crippen molar-refractivity contribution in [1.29, 1.82) is 0 Å². The second-order valence-corrected chi connectivity index (χ2v) is 12.0. The zero-order chi connectivity index (χ0) is 37.5. The number of carboxylic acids is 3. The van der Waals surface area contributed by atoms with E-state index in [4.69, 9.17) is 34.3 Å². The van der Waals surface area contributed by atoms with Crippen LogP contribution in [0.15, 0.2) is 54.7 Å². The molecule has 2 heterocycles. The second-order valence-electron chi connectivity index (χ2n) is 12.0. The number of ether oxygens (including phenoxy) is 4. The summed E-state index contributed by atoms with van der Waals surface area (Å²) < 4.78 is 37.7. The number of carbonyl (C=O) groups excluding carboxylic acids is 1. The quantitative estimate of drug-likeness (QED) is 0.0750. The number of carboxylic acid groups (broad SMARTS) is 3. The van der Waals surface area contributed by atoms with Crippen LogP contribution in [0, 0.1) is 11.2 Å². The minimum Gasteiger partial charge on any atom is -0.505 e. The summed E-state index contributed by atoms with van der Waals surface area (Å²) in [7, 11) is 0. The number of Topliss-reactive ketones (excluding diaryl/α,β-unsaturated/α-hetero) is 1. The van der Waals surface area contributed by atoms with Crippen LogP contribution in [-0.2, 0) is 33.4 Å². The number of rotatable bonds is 24. The summed E-state index contributed by atoms with van der Waals surface area (Å²) >= 11 is 0. The standard InChI is InChI=1S/C35H39FN4O12/c36-27-17-24(4-8-31(27)42)40-19-30(38-39-40)29-6-3-23-16-26(5-7-28(23)37-29)52-12-1-2-25(41)18-35(20-49-13-9-32(43)44,21-50-14-10-33(45)46)22-51-15-11-34(47)48/h3-8,16-17,19,42H,1-2,9-15,18,20-22H2,(H,43,44)(H,45,46)(H,47,48). The fourth-order valence-electron chi connectivity index (χ4n) is 5.07. The molecule has 52 heavy (non-hydrogen) atoms. The molecule has 0 saturated heterocycles. The lowest BCUT2D eigenvalue weighted by molar-refractivity contribution is -0.142. The third-order valence-electron chi connectivity index (χ3n) is 7.66. The lowest BCUT2D eigenvalue weighted by Crippen LogP contribution is -2.40. The number of aromatic nitrogens is 4. The average molecular weight is 727 g/mol. The van der Waals surface area contributed by atoms with Crippen LogP contribution in [-0.4, -0.2) is 110 Å². The zero-order valence-electron chi connectivity index (χ0n) is 28.1. The molecule has 0 spiro atoms. The Kier molecular flexibility index (Phi) is 14.5. The van der Waals surface area contributed by atoms with Gasteiger partial charge in [-0.15, -0.1) is 5.10 Å². The molecule has 4 aromatic rings. The van der Waals surface area contributed by atoms with E-state index in [9.17, 15) is 28.7 Å². The van der Waals surface area contributed by atoms with Crippen molar-refractivity contribution in [2.24, 2.45) is 5.41 Å². The number of carbonyl (C=O) groups is 4. The van der Waals surface area contributed by atoms with Gasteiger partial charge in [0.1, 0.15) is 17.2 Å². The number of phenolic OH excluding ortho intramolecular Hbond substituents is 1. The molecule has 0 unspecified atom stereocenters. The van der Waals surface area contributed by atoms with Crippen LogP contribution in [0.4, 0.5) is 4.39 Å². The third-order valence-corrected chi connectivity index (χ3v) is 7.66. The molecule has 17 heteroatoms. The Morgan fingerprint density at radius 1 is 0.750 bits per heavy atom. The van der Waals surface area contributed by atoms with Gasteiger partial charge in [0.05, 0.1) is 88.6 Å². The van der Waals surface area contributed by atoms with Gasteiger partial charge in [0.15, 0.2) is 11.6 Å². The number of nitrogens with zero attached hydrogens (tertiary/aromatic N) is 4. The molecule has 2 aromatic heterocycles. The first-order chi connectivity index (χ1) is 24.9. The summed E-state index contributed by atoms with van der Waals surface area (Å²) in [5, 5.41) is 45.3. The number of aliphatic carboxylic acids is 3. The fourth-order valence-corrected chi connectivity index (χ4v) is 5.07. The van der Waals surface area contributed by atoms with E-state index in [0.717, 1.165) is 11.5 Å². The third kappa shape index (κ3) is 12.4. The second kappa shape index (κ2) is 19.2. The van der Waals surface area contributed by atoms with Gasteiger partial charge in [0.25, 0.3) is 0 Å². The Labute approximate surface area is 296 Å². The lowest BCUT2D eigenvalue weighted by atomic mass is 9.84. The molecule has 0 fully saturated rings. The summed E-state index contributed by atoms with van der Waals surface area (Å²) in [6.07, 6.45) is 1.11. The van der Waals surface area contributed by atoms with Gasteiger partial charge in [0, 0.05) is 29.7 Å². The summed E-state index contributed by atoms with van der Waals surface area (Å²) in [4.78, 5) is 50.7. The van der Waals surface area contributed by atoms with Crippen LogP contribution >= 0.6 is 0 Å². The van der Waals surface area contributed by atoms with E-state index in [1.54, 1.807) is 30.5 Å². The number of hydrogen-bond acceptors (Lipinski definition) is 12. The fraction of sp³-hybridized carbons (Fsp3) is 0.400. The van der Waals surface area contributed by atoms with Crippen molar-refractivity contribution in [3.63, 3.8) is 0 Å². The van der Waals surface area contributed by atoms with Gasteiger partial charge in [-0.3, -0.25) is 19.2 Å². The molecule has 0 aliphatic carbocycles. The molecule has 0 aliphatic heterocycles. The first-order valence-electron chi connectivity index (χ1n) is 16.3. The van der Waals surface area contributed by atoms with Crippen LogP contribution in [0.2, 0.25) is 0 Å². The highest BCUT2D eigenvalue weighted by Gasteiger charge is 2.34. The average Bonchev–Trinajstić information content (AvgIpc) is 3.60. The maximum atomic E-state index is 13.8. The molecule has 278 valence electrons. The van der Waals surface area contributed by atoms with Crippen molar-refractivity contribution in [3.8, 4) is 28.6 Å². The summed E-state index contributed by atoms with van der Waals surface area (Å²) in [6.45, 7) is -0.619. The lowest BCUT2D eigenvalue weighted by Gasteiger charge is -2.32. The summed E-state index contributed by atoms with van der Waals surface area (Å²) in [5.74, 6) is -4.11. The monoisotopic (exact) mass is 726 g/mol. The predicted molar refractivity (Wildman–Crippen MR) is 180 cm³/mol. The predicted octanol–water partition coefficient (Wildman–Crippen LogP) is 3.91. The van der Waals surface area contributed by atoms with Crippen molar-refractivity contribution in [2.75, 3.05) is 46.2 Å². The van der Waals surface area contributed by atoms with Gasteiger partial charge in [-0.2, -0.15) is 0 Å². The van der Waals surface area contributed by atoms with E-state index in [0.29, 0.717) is 34.8 Å². The Balaban J connectivity index is 1.34. The number of aromatic hydroxyl groups is 1. The maximum Gasteiger partial charge on any atom is 0.305 e. The zero-order valence-corrected chi connectivity index (χ0v) is 28.1. The molecule has 16 nitrogen and oxygen atoms in total. The summed E-state index contributed by atoms with van der Waals surface area (Å²) in [5.41, 5.74) is 0.907. The van der Waals surface area contributed by atoms with Crippen LogP contribution in [0.3, 0.4) is 0 Å². The van der Waals surface area contributed by atoms with Crippen LogP contribution in [0.5, 0.6) is 11.5 Å². The van der Waals surface area contributed by atoms with Crippen LogP contribution in [0.1, 0.15) is 38.5 Å². The molecule has 0 radical (unpaired) electrons. The highest BCUT2D eigenvalue weighted by molar-refractivity contribution is 5.82. The van der Waals surface area contributed by atoms with Gasteiger partial charge < -0.3 is 39.4 Å². The number of phenols is 1. The Hall–Kier alpha value is -5.52. The first-order valence-corrected chi connectivity index (χ1v) is 16.3. The molecule has 0 saturated carbocycles. The van der Waals surface area contributed by atoms with Gasteiger partial charge in [-0.1, -0.05) is 11.3 Å². The number of benzene rings is 2. The van der Waals surface area contributed by atoms with Gasteiger partial charge in [-0.05, 0) is 42.8 Å². The molecule has 0 aliphatic rings. The number of pyridine rings is 1. The molecular weight excluding hydrogens is 687 g/mol. The van der Waals surface area contributed by atoms with E-state index in [1.165, 1.54) is 16.8 Å². The number of fused-ring (bicyclic) bond motifs is 1. The highest BCUT2D eigenvalue weighted by Crippen LogP contribution is 2.28. The van der Waals surface area contributed by atoms with Gasteiger partial charge in [-0.25, -0.2) is 14.1 Å². The molecule has 0 atom stereocenters. The van der Waals surface area contributed by atoms with E-state index < -0.39 is 34.9 Å². The van der Waals surface area contributed by atoms with Crippen molar-refractivity contribution in [1.82, 2.24) is 20.0 Å². The molecule has 2 aromatic carbocycles. The molecule has 0 bridgehead atoms. The largest absolute Gasteiger partial charge is 0.505 e. The minimum atomic E-state index is -1.12. The minimum absolute atomic E-state index is 0.107. The Morgan fingerprint density at radius 3 is 1.98 bits per heavy atom. The van der Waals surface area contributed by atoms with E-state index >= 15 is 0 Å². The van der Waals surface area contributed by atoms with E-state index in [1.807, 2.05) is 6.07 Å². The van der Waals surface area contributed by atoms with Crippen molar-refractivity contribution >= 4 is 34.6 Å². The highest BCUT2D eigenvalue weighted by atomic mass is 19.1. The van der Waals surface area contributed by atoms with Crippen molar-refractivity contribution in [3.05, 3.63) is 60.5 Å². The van der Waals surface area contributed by atoms with E-state index in [-0.39, 0.29) is 84.1 Å². The molecule has 4 rings (SSSR count). The first kappa shape index (κ1) is 39.3. The number of hydrogen-bond donors (Lipinski definition) is 4. The van der Waals surface area contributed by atoms with Crippen LogP contribution < -0.4 is 4.74 Å². The van der Waals surface area contributed by atoms with E-state index in [2.05, 4.69) is 15.3 Å². The van der Waals surface area contributed by atoms with Crippen molar-refractivity contribution < 1.29 is 62.9 Å². The van der Waals surface area contributed by atoms with Gasteiger partial charge in [0.2, 0.25) is 0 Å². The maximum absolute atomic E-state index is 13.8. The normalized spacial score (nSPS) is 11.5. The molecule has 0 amide bonds. The smallest absolute Gasteiger partial charge is 0.305 e. The summed E-state index contributed by atoms with van der Waals surface area (Å²) in [6, 6.07) is 12.8. The topological polar surface area (TPSA) is 230 Å². The molecule has 4 N–H and O–H groups in total. The van der Waals surface area contributed by atoms with Gasteiger partial charge >= 0.3 is 17.9 Å². The number of ketones is 1.